The van der Waals surface area contributed by atoms with Gasteiger partial charge in [0, 0.05) is 12.6 Å². The first-order valence-corrected chi connectivity index (χ1v) is 7.96. The van der Waals surface area contributed by atoms with Crippen molar-refractivity contribution >= 4 is 18.0 Å². The Morgan fingerprint density at radius 2 is 1.81 bits per heavy atom. The first-order valence-electron chi connectivity index (χ1n) is 7.96. The Bertz CT molecular complexity index is 687. The van der Waals surface area contributed by atoms with Gasteiger partial charge in [0.25, 0.3) is 0 Å². The molecule has 142 valence electrons. The van der Waals surface area contributed by atoms with Crippen LogP contribution >= 0.6 is 0 Å². The Morgan fingerprint density at radius 3 is 2.50 bits per heavy atom. The zero-order valence-electron chi connectivity index (χ0n) is 15.0. The van der Waals surface area contributed by atoms with Crippen molar-refractivity contribution in [2.45, 2.75) is 32.9 Å². The highest BCUT2D eigenvalue weighted by atomic mass is 16.8. The van der Waals surface area contributed by atoms with Crippen molar-refractivity contribution in [3.63, 3.8) is 0 Å². The molecule has 0 saturated carbocycles. The number of amides is 1. The van der Waals surface area contributed by atoms with Crippen LogP contribution in [0.4, 0.5) is 9.59 Å². The average Bonchev–Trinajstić information content (AvgIpc) is 3.06. The van der Waals surface area contributed by atoms with Crippen molar-refractivity contribution in [1.82, 2.24) is 4.90 Å². The minimum atomic E-state index is -0.945. The van der Waals surface area contributed by atoms with E-state index in [0.29, 0.717) is 17.1 Å². The van der Waals surface area contributed by atoms with Crippen LogP contribution in [0.3, 0.4) is 0 Å². The van der Waals surface area contributed by atoms with Crippen molar-refractivity contribution in [1.29, 1.82) is 0 Å². The van der Waals surface area contributed by atoms with Crippen LogP contribution in [0.15, 0.2) is 18.2 Å². The van der Waals surface area contributed by atoms with Crippen LogP contribution in [-0.4, -0.2) is 55.7 Å². The molecule has 0 spiro atoms. The van der Waals surface area contributed by atoms with Crippen LogP contribution in [0.25, 0.3) is 0 Å². The quantitative estimate of drug-likeness (QED) is 0.430. The lowest BCUT2D eigenvalue weighted by Gasteiger charge is -2.23. The van der Waals surface area contributed by atoms with Gasteiger partial charge in [-0.1, -0.05) is 0 Å². The van der Waals surface area contributed by atoms with Crippen molar-refractivity contribution in [2.75, 3.05) is 20.6 Å². The van der Waals surface area contributed by atoms with Gasteiger partial charge in [-0.3, -0.25) is 4.79 Å². The third-order valence-electron chi connectivity index (χ3n) is 3.60. The number of hydrogen-bond acceptors (Lipinski definition) is 8. The van der Waals surface area contributed by atoms with E-state index >= 15 is 0 Å². The zero-order valence-corrected chi connectivity index (χ0v) is 15.0. The van der Waals surface area contributed by atoms with E-state index in [1.54, 1.807) is 39.0 Å². The molecule has 0 radical (unpaired) electrons. The Hall–Kier alpha value is -2.97. The summed E-state index contributed by atoms with van der Waals surface area (Å²) < 4.78 is 24.6. The Balaban J connectivity index is 1.87. The van der Waals surface area contributed by atoms with Crippen molar-refractivity contribution < 1.29 is 38.1 Å². The molecule has 0 bridgehead atoms. The van der Waals surface area contributed by atoms with Crippen LogP contribution in [-0.2, 0) is 14.2 Å². The predicted molar refractivity (Wildman–Crippen MR) is 88.2 cm³/mol. The lowest BCUT2D eigenvalue weighted by molar-refractivity contribution is -0.0323. The molecular formula is C17H21NO8. The van der Waals surface area contributed by atoms with E-state index in [0.717, 1.165) is 4.90 Å². The van der Waals surface area contributed by atoms with E-state index in [1.807, 2.05) is 0 Å². The number of nitrogens with zero attached hydrogens (tertiary/aromatic N) is 1. The number of ether oxygens (including phenoxy) is 5. The second-order valence-electron chi connectivity index (χ2n) is 5.81. The normalized spacial score (nSPS) is 13.1. The summed E-state index contributed by atoms with van der Waals surface area (Å²) in [5.74, 6) is 0.737. The fourth-order valence-corrected chi connectivity index (χ4v) is 2.08. The van der Waals surface area contributed by atoms with Crippen LogP contribution in [0, 0.1) is 0 Å². The van der Waals surface area contributed by atoms with Crippen molar-refractivity contribution in [3.8, 4) is 11.5 Å². The standard InChI is InChI=1S/C17H21NO8/c1-10(2)26-17(21)25-9-24-16(20)18(4)11(3)15(19)12-5-6-13-14(7-12)23-8-22-13/h5-7,10-11H,8-9H2,1-4H3. The monoisotopic (exact) mass is 367 g/mol. The number of rotatable bonds is 6. The largest absolute Gasteiger partial charge is 0.511 e. The summed E-state index contributed by atoms with van der Waals surface area (Å²) in [5, 5.41) is 0. The lowest BCUT2D eigenvalue weighted by Crippen LogP contribution is -2.41. The van der Waals surface area contributed by atoms with Gasteiger partial charge in [0.15, 0.2) is 17.3 Å². The molecule has 0 aliphatic carbocycles. The van der Waals surface area contributed by atoms with Gasteiger partial charge >= 0.3 is 12.2 Å². The van der Waals surface area contributed by atoms with E-state index in [2.05, 4.69) is 4.74 Å². The van der Waals surface area contributed by atoms with Gasteiger partial charge in [-0.05, 0) is 39.0 Å². The number of carbonyl (C=O) groups excluding carboxylic acids is 3. The average molecular weight is 367 g/mol. The molecule has 1 aromatic rings. The third kappa shape index (κ3) is 4.78. The summed E-state index contributed by atoms with van der Waals surface area (Å²) in [7, 11) is 1.41. The summed E-state index contributed by atoms with van der Waals surface area (Å²) >= 11 is 0. The van der Waals surface area contributed by atoms with E-state index in [-0.39, 0.29) is 18.7 Å². The molecule has 1 unspecified atom stereocenters. The van der Waals surface area contributed by atoms with E-state index < -0.39 is 25.1 Å². The molecule has 26 heavy (non-hydrogen) atoms. The molecule has 1 aliphatic rings. The molecule has 0 saturated heterocycles. The Morgan fingerprint density at radius 1 is 1.12 bits per heavy atom. The maximum absolute atomic E-state index is 12.5. The first kappa shape index (κ1) is 19.4. The summed E-state index contributed by atoms with van der Waals surface area (Å²) in [5.41, 5.74) is 0.373. The maximum atomic E-state index is 12.5. The summed E-state index contributed by atoms with van der Waals surface area (Å²) in [6, 6.07) is 3.99. The van der Waals surface area contributed by atoms with Crippen molar-refractivity contribution in [3.05, 3.63) is 23.8 Å². The topological polar surface area (TPSA) is 101 Å². The van der Waals surface area contributed by atoms with Crippen LogP contribution in [0.1, 0.15) is 31.1 Å². The van der Waals surface area contributed by atoms with Gasteiger partial charge in [-0.15, -0.1) is 0 Å². The number of ketones is 1. The summed E-state index contributed by atoms with van der Waals surface area (Å²) in [4.78, 5) is 36.8. The highest BCUT2D eigenvalue weighted by Gasteiger charge is 2.26. The molecule has 0 N–H and O–H groups in total. The molecule has 9 nitrogen and oxygen atoms in total. The molecule has 1 heterocycles. The molecule has 0 aromatic heterocycles. The fraction of sp³-hybridized carbons (Fsp3) is 0.471. The van der Waals surface area contributed by atoms with Crippen molar-refractivity contribution in [2.24, 2.45) is 0 Å². The highest BCUT2D eigenvalue weighted by molar-refractivity contribution is 6.01. The first-order chi connectivity index (χ1) is 12.3. The smallest absolute Gasteiger partial charge is 0.454 e. The Labute approximate surface area is 150 Å². The van der Waals surface area contributed by atoms with Gasteiger partial charge < -0.3 is 28.6 Å². The minimum Gasteiger partial charge on any atom is -0.454 e. The van der Waals surface area contributed by atoms with Crippen LogP contribution in [0.2, 0.25) is 0 Å². The summed E-state index contributed by atoms with van der Waals surface area (Å²) in [6.07, 6.45) is -2.11. The van der Waals surface area contributed by atoms with Gasteiger partial charge in [0.05, 0.1) is 12.1 Å². The number of likely N-dealkylation sites (N-methyl/N-ethyl adjacent to an activating group) is 1. The van der Waals surface area contributed by atoms with E-state index in [4.69, 9.17) is 18.9 Å². The predicted octanol–water partition coefficient (Wildman–Crippen LogP) is 2.57. The molecule has 2 rings (SSSR count). The molecule has 1 amide bonds. The maximum Gasteiger partial charge on any atom is 0.511 e. The number of carbonyl (C=O) groups is 3. The van der Waals surface area contributed by atoms with Gasteiger partial charge in [-0.25, -0.2) is 9.59 Å². The number of Topliss-reactive ketones (excluding diaryl/α,β-unsaturated/α-hetero) is 1. The van der Waals surface area contributed by atoms with Crippen LogP contribution < -0.4 is 9.47 Å². The minimum absolute atomic E-state index is 0.105. The fourth-order valence-electron chi connectivity index (χ4n) is 2.08. The molecule has 0 fully saturated rings. The number of fused-ring (bicyclic) bond motifs is 1. The highest BCUT2D eigenvalue weighted by Crippen LogP contribution is 2.32. The van der Waals surface area contributed by atoms with Gasteiger partial charge in [0.2, 0.25) is 13.6 Å². The summed E-state index contributed by atoms with van der Waals surface area (Å²) in [6.45, 7) is 4.37. The molecule has 1 aromatic carbocycles. The number of hydrogen-bond donors (Lipinski definition) is 0. The number of benzene rings is 1. The molecular weight excluding hydrogens is 346 g/mol. The molecule has 1 atom stereocenters. The molecule has 9 heteroatoms. The van der Waals surface area contributed by atoms with E-state index in [1.165, 1.54) is 7.05 Å². The Kier molecular flexibility index (Phi) is 6.26. The molecule has 1 aliphatic heterocycles. The van der Waals surface area contributed by atoms with Crippen LogP contribution in [0.5, 0.6) is 11.5 Å². The zero-order chi connectivity index (χ0) is 19.3. The van der Waals surface area contributed by atoms with Gasteiger partial charge in [0.1, 0.15) is 0 Å². The SMILES string of the molecule is CC(C)OC(=O)OCOC(=O)N(C)C(C)C(=O)c1ccc2c(c1)OCO2. The third-order valence-corrected chi connectivity index (χ3v) is 3.60. The second kappa shape index (κ2) is 8.41. The van der Waals surface area contributed by atoms with Gasteiger partial charge in [-0.2, -0.15) is 0 Å². The second-order valence-corrected chi connectivity index (χ2v) is 5.81. The lowest BCUT2D eigenvalue weighted by atomic mass is 10.0. The van der Waals surface area contributed by atoms with E-state index in [9.17, 15) is 14.4 Å².